The third-order valence-corrected chi connectivity index (χ3v) is 3.69. The molecule has 0 spiro atoms. The summed E-state index contributed by atoms with van der Waals surface area (Å²) in [4.78, 5) is 11.6. The first kappa shape index (κ1) is 12.2. The second kappa shape index (κ2) is 4.96. The lowest BCUT2D eigenvalue weighted by atomic mass is 9.88. The number of hydrogen-bond donors (Lipinski definition) is 2. The summed E-state index contributed by atoms with van der Waals surface area (Å²) in [6.07, 6.45) is 4.27. The number of hydrogen-bond acceptors (Lipinski definition) is 1. The van der Waals surface area contributed by atoms with Crippen LogP contribution in [0.25, 0.3) is 0 Å². The molecule has 92 valence electrons. The SMILES string of the molecule is CNC(=O)NC1(c2ccc(Cl)cc2)CCCC1. The van der Waals surface area contributed by atoms with Crippen molar-refractivity contribution in [1.29, 1.82) is 0 Å². The van der Waals surface area contributed by atoms with Gasteiger partial charge in [-0.15, -0.1) is 0 Å². The summed E-state index contributed by atoms with van der Waals surface area (Å²) >= 11 is 5.90. The van der Waals surface area contributed by atoms with Crippen molar-refractivity contribution in [1.82, 2.24) is 10.6 Å². The molecule has 1 aliphatic rings. The molecule has 2 rings (SSSR count). The van der Waals surface area contributed by atoms with E-state index in [1.807, 2.05) is 24.3 Å². The standard InChI is InChI=1S/C13H17ClN2O/c1-15-12(17)16-13(8-2-3-9-13)10-4-6-11(14)7-5-10/h4-7H,2-3,8-9H2,1H3,(H2,15,16,17). The molecule has 4 heteroatoms. The normalized spacial score (nSPS) is 17.8. The molecule has 1 aromatic carbocycles. The molecule has 2 amide bonds. The zero-order valence-corrected chi connectivity index (χ0v) is 10.7. The molecule has 3 nitrogen and oxygen atoms in total. The number of carbonyl (C=O) groups excluding carboxylic acids is 1. The van der Waals surface area contributed by atoms with Gasteiger partial charge in [-0.05, 0) is 30.5 Å². The second-order valence-corrected chi connectivity index (χ2v) is 4.94. The van der Waals surface area contributed by atoms with Gasteiger partial charge in [0.2, 0.25) is 0 Å². The Morgan fingerprint density at radius 1 is 1.24 bits per heavy atom. The number of urea groups is 1. The van der Waals surface area contributed by atoms with Crippen molar-refractivity contribution in [2.24, 2.45) is 0 Å². The molecular weight excluding hydrogens is 236 g/mol. The maximum atomic E-state index is 11.6. The second-order valence-electron chi connectivity index (χ2n) is 4.50. The van der Waals surface area contributed by atoms with Crippen LogP contribution in [0.5, 0.6) is 0 Å². The van der Waals surface area contributed by atoms with Crippen molar-refractivity contribution in [2.45, 2.75) is 31.2 Å². The number of amides is 2. The largest absolute Gasteiger partial charge is 0.341 e. The minimum atomic E-state index is -0.218. The highest BCUT2D eigenvalue weighted by Crippen LogP contribution is 2.38. The van der Waals surface area contributed by atoms with Gasteiger partial charge in [0.25, 0.3) is 0 Å². The topological polar surface area (TPSA) is 41.1 Å². The fourth-order valence-electron chi connectivity index (χ4n) is 2.51. The maximum absolute atomic E-state index is 11.6. The predicted molar refractivity (Wildman–Crippen MR) is 69.2 cm³/mol. The summed E-state index contributed by atoms with van der Waals surface area (Å²) in [6, 6.07) is 7.64. The molecule has 1 fully saturated rings. The van der Waals surface area contributed by atoms with Crippen LogP contribution in [-0.4, -0.2) is 13.1 Å². The van der Waals surface area contributed by atoms with Crippen LogP contribution in [0.3, 0.4) is 0 Å². The van der Waals surface area contributed by atoms with Crippen molar-refractivity contribution in [3.8, 4) is 0 Å². The van der Waals surface area contributed by atoms with Gasteiger partial charge in [-0.3, -0.25) is 0 Å². The Hall–Kier alpha value is -1.22. The average molecular weight is 253 g/mol. The summed E-state index contributed by atoms with van der Waals surface area (Å²) in [7, 11) is 1.64. The van der Waals surface area contributed by atoms with Gasteiger partial charge in [-0.25, -0.2) is 4.79 Å². The highest BCUT2D eigenvalue weighted by atomic mass is 35.5. The Morgan fingerprint density at radius 2 is 1.82 bits per heavy atom. The first-order valence-electron chi connectivity index (χ1n) is 5.92. The zero-order chi connectivity index (χ0) is 12.3. The summed E-state index contributed by atoms with van der Waals surface area (Å²) in [5, 5.41) is 6.43. The van der Waals surface area contributed by atoms with Crippen molar-refractivity contribution in [2.75, 3.05) is 7.05 Å². The Balaban J connectivity index is 2.27. The zero-order valence-electron chi connectivity index (χ0n) is 9.92. The molecule has 1 aromatic rings. The molecule has 2 N–H and O–H groups in total. The first-order chi connectivity index (χ1) is 8.16. The highest BCUT2D eigenvalue weighted by molar-refractivity contribution is 6.30. The van der Waals surface area contributed by atoms with E-state index >= 15 is 0 Å². The molecule has 0 aliphatic heterocycles. The van der Waals surface area contributed by atoms with Crippen LogP contribution in [-0.2, 0) is 5.54 Å². The molecule has 0 bridgehead atoms. The molecule has 0 aromatic heterocycles. The van der Waals surface area contributed by atoms with Gasteiger partial charge < -0.3 is 10.6 Å². The minimum absolute atomic E-state index is 0.123. The van der Waals surface area contributed by atoms with Gasteiger partial charge >= 0.3 is 6.03 Å². The number of halogens is 1. The molecule has 0 heterocycles. The van der Waals surface area contributed by atoms with E-state index in [2.05, 4.69) is 10.6 Å². The van der Waals surface area contributed by atoms with E-state index in [1.165, 1.54) is 0 Å². The lowest BCUT2D eigenvalue weighted by Crippen LogP contribution is -2.47. The van der Waals surface area contributed by atoms with Gasteiger partial charge in [0.1, 0.15) is 0 Å². The van der Waals surface area contributed by atoms with E-state index in [0.29, 0.717) is 0 Å². The number of rotatable bonds is 2. The van der Waals surface area contributed by atoms with Crippen LogP contribution in [0.1, 0.15) is 31.2 Å². The number of nitrogens with one attached hydrogen (secondary N) is 2. The van der Waals surface area contributed by atoms with Crippen LogP contribution in [0, 0.1) is 0 Å². The van der Waals surface area contributed by atoms with E-state index in [1.54, 1.807) is 7.05 Å². The monoisotopic (exact) mass is 252 g/mol. The van der Waals surface area contributed by atoms with Crippen molar-refractivity contribution in [3.05, 3.63) is 34.9 Å². The van der Waals surface area contributed by atoms with Crippen molar-refractivity contribution >= 4 is 17.6 Å². The summed E-state index contributed by atoms with van der Waals surface area (Å²) in [6.45, 7) is 0. The van der Waals surface area contributed by atoms with Crippen molar-refractivity contribution < 1.29 is 4.79 Å². The van der Waals surface area contributed by atoms with Crippen LogP contribution in [0.4, 0.5) is 4.79 Å². The predicted octanol–water partition coefficient (Wildman–Crippen LogP) is 3.04. The van der Waals surface area contributed by atoms with E-state index in [0.717, 1.165) is 36.3 Å². The van der Waals surface area contributed by atoms with Gasteiger partial charge in [0.05, 0.1) is 5.54 Å². The van der Waals surface area contributed by atoms with Gasteiger partial charge in [-0.1, -0.05) is 36.6 Å². The molecule has 1 saturated carbocycles. The van der Waals surface area contributed by atoms with E-state index < -0.39 is 0 Å². The quantitative estimate of drug-likeness (QED) is 0.835. The molecule has 0 saturated heterocycles. The molecular formula is C13H17ClN2O. The maximum Gasteiger partial charge on any atom is 0.315 e. The number of carbonyl (C=O) groups is 1. The molecule has 0 unspecified atom stereocenters. The van der Waals surface area contributed by atoms with Crippen molar-refractivity contribution in [3.63, 3.8) is 0 Å². The number of benzene rings is 1. The third-order valence-electron chi connectivity index (χ3n) is 3.43. The van der Waals surface area contributed by atoms with Crippen LogP contribution in [0.15, 0.2) is 24.3 Å². The lowest BCUT2D eigenvalue weighted by molar-refractivity contribution is 0.226. The average Bonchev–Trinajstić information content (AvgIpc) is 2.79. The Morgan fingerprint density at radius 3 is 2.35 bits per heavy atom. The van der Waals surface area contributed by atoms with E-state index in [4.69, 9.17) is 11.6 Å². The van der Waals surface area contributed by atoms with E-state index in [-0.39, 0.29) is 11.6 Å². The first-order valence-corrected chi connectivity index (χ1v) is 6.30. The lowest BCUT2D eigenvalue weighted by Gasteiger charge is -2.30. The van der Waals surface area contributed by atoms with Gasteiger partial charge in [0.15, 0.2) is 0 Å². The summed E-state index contributed by atoms with van der Waals surface area (Å²) < 4.78 is 0. The fraction of sp³-hybridized carbons (Fsp3) is 0.462. The molecule has 0 atom stereocenters. The molecule has 17 heavy (non-hydrogen) atoms. The van der Waals surface area contributed by atoms with Crippen LogP contribution >= 0.6 is 11.6 Å². The summed E-state index contributed by atoms with van der Waals surface area (Å²) in [5.74, 6) is 0. The minimum Gasteiger partial charge on any atom is -0.341 e. The van der Waals surface area contributed by atoms with Gasteiger partial charge in [0, 0.05) is 12.1 Å². The Kier molecular flexibility index (Phi) is 3.57. The Bertz CT molecular complexity index is 396. The Labute approximate surface area is 107 Å². The third kappa shape index (κ3) is 2.55. The van der Waals surface area contributed by atoms with Crippen LogP contribution in [0.2, 0.25) is 5.02 Å². The van der Waals surface area contributed by atoms with Crippen LogP contribution < -0.4 is 10.6 Å². The van der Waals surface area contributed by atoms with Gasteiger partial charge in [-0.2, -0.15) is 0 Å². The summed E-state index contributed by atoms with van der Waals surface area (Å²) in [5.41, 5.74) is 0.924. The molecule has 0 radical (unpaired) electrons. The smallest absolute Gasteiger partial charge is 0.315 e. The fourth-order valence-corrected chi connectivity index (χ4v) is 2.64. The molecule has 1 aliphatic carbocycles. The highest BCUT2D eigenvalue weighted by Gasteiger charge is 2.36. The van der Waals surface area contributed by atoms with E-state index in [9.17, 15) is 4.79 Å².